The van der Waals surface area contributed by atoms with Crippen LogP contribution in [-0.4, -0.2) is 58.0 Å². The summed E-state index contributed by atoms with van der Waals surface area (Å²) >= 11 is 0. The van der Waals surface area contributed by atoms with Crippen molar-refractivity contribution in [3.63, 3.8) is 0 Å². The Morgan fingerprint density at radius 1 is 0.568 bits per heavy atom. The maximum absolute atomic E-state index is 6.67. The van der Waals surface area contributed by atoms with Crippen molar-refractivity contribution in [1.82, 2.24) is 0 Å². The third-order valence-electron chi connectivity index (χ3n) is 8.59. The van der Waals surface area contributed by atoms with Crippen LogP contribution in [0.3, 0.4) is 0 Å². The summed E-state index contributed by atoms with van der Waals surface area (Å²) in [6.45, 7) is 6.07. The molecule has 0 saturated carbocycles. The lowest BCUT2D eigenvalue weighted by Crippen LogP contribution is -2.11. The van der Waals surface area contributed by atoms with Crippen LogP contribution in [0, 0.1) is 6.92 Å². The quantitative estimate of drug-likeness (QED) is 0.141. The fraction of sp³-hybridized carbons (Fsp3) is 0.316. The first kappa shape index (κ1) is 27.4. The van der Waals surface area contributed by atoms with Gasteiger partial charge in [0.25, 0.3) is 0 Å². The Morgan fingerprint density at radius 2 is 1.00 bits per heavy atom. The minimum absolute atomic E-state index is 0.141. The standard InChI is InChI=1S/C38H36O6/c1-24-14-27(16-34-32-8-4-2-6-25(32)10-12-36(34)42-21-29-18-39-29)38(44-23-31-20-41-31)28(15-24)17-35-33-9-5-3-7-26(33)11-13-37(35)43-22-30-19-40-30/h2-15,29-31H,16-23H2,1H3. The summed E-state index contributed by atoms with van der Waals surface area (Å²) in [4.78, 5) is 0. The number of epoxide rings is 3. The Balaban J connectivity index is 1.21. The van der Waals surface area contributed by atoms with Crippen molar-refractivity contribution in [2.75, 3.05) is 39.6 Å². The molecule has 3 aliphatic heterocycles. The molecule has 5 aromatic rings. The summed E-state index contributed by atoms with van der Waals surface area (Å²) in [7, 11) is 0. The molecule has 0 aromatic heterocycles. The van der Waals surface area contributed by atoms with Gasteiger partial charge in [-0.05, 0) is 51.7 Å². The van der Waals surface area contributed by atoms with Gasteiger partial charge in [0.15, 0.2) is 0 Å². The van der Waals surface area contributed by atoms with Gasteiger partial charge < -0.3 is 28.4 Å². The third kappa shape index (κ3) is 6.11. The zero-order valence-corrected chi connectivity index (χ0v) is 24.9. The van der Waals surface area contributed by atoms with Gasteiger partial charge in [0.1, 0.15) is 55.4 Å². The van der Waals surface area contributed by atoms with E-state index in [1.54, 1.807) is 0 Å². The van der Waals surface area contributed by atoms with Crippen molar-refractivity contribution >= 4 is 21.5 Å². The zero-order valence-electron chi connectivity index (χ0n) is 24.9. The highest BCUT2D eigenvalue weighted by Gasteiger charge is 2.27. The molecular weight excluding hydrogens is 552 g/mol. The largest absolute Gasteiger partial charge is 0.490 e. The fourth-order valence-corrected chi connectivity index (χ4v) is 6.06. The molecule has 0 aliphatic carbocycles. The van der Waals surface area contributed by atoms with E-state index in [0.29, 0.717) is 32.7 Å². The average molecular weight is 589 g/mol. The van der Waals surface area contributed by atoms with Gasteiger partial charge in [-0.15, -0.1) is 0 Å². The Morgan fingerprint density at radius 3 is 1.45 bits per heavy atom. The molecule has 6 nitrogen and oxygen atoms in total. The van der Waals surface area contributed by atoms with Gasteiger partial charge in [0.2, 0.25) is 0 Å². The van der Waals surface area contributed by atoms with Gasteiger partial charge >= 0.3 is 0 Å². The van der Waals surface area contributed by atoms with Crippen LogP contribution < -0.4 is 14.2 Å². The molecule has 0 amide bonds. The number of rotatable bonds is 13. The van der Waals surface area contributed by atoms with Crippen LogP contribution in [0.5, 0.6) is 17.2 Å². The van der Waals surface area contributed by atoms with E-state index in [2.05, 4.69) is 91.9 Å². The van der Waals surface area contributed by atoms with Gasteiger partial charge in [-0.2, -0.15) is 0 Å². The lowest BCUT2D eigenvalue weighted by molar-refractivity contribution is 0.257. The van der Waals surface area contributed by atoms with Crippen LogP contribution in [0.4, 0.5) is 0 Å². The Bertz CT molecular complexity index is 1700. The molecule has 3 heterocycles. The van der Waals surface area contributed by atoms with E-state index in [1.807, 2.05) is 0 Å². The van der Waals surface area contributed by atoms with Gasteiger partial charge in [-0.25, -0.2) is 0 Å². The van der Waals surface area contributed by atoms with E-state index in [0.717, 1.165) is 59.3 Å². The molecule has 44 heavy (non-hydrogen) atoms. The summed E-state index contributed by atoms with van der Waals surface area (Å²) in [5.74, 6) is 2.71. The van der Waals surface area contributed by atoms with E-state index >= 15 is 0 Å². The highest BCUT2D eigenvalue weighted by atomic mass is 16.6. The first-order chi connectivity index (χ1) is 21.7. The molecule has 3 atom stereocenters. The van der Waals surface area contributed by atoms with Crippen molar-refractivity contribution in [2.24, 2.45) is 0 Å². The number of aryl methyl sites for hydroxylation is 1. The molecule has 3 unspecified atom stereocenters. The summed E-state index contributed by atoms with van der Waals surface area (Å²) in [6, 6.07) is 30.0. The van der Waals surface area contributed by atoms with Crippen LogP contribution in [-0.2, 0) is 27.1 Å². The van der Waals surface area contributed by atoms with Crippen LogP contribution in [0.15, 0.2) is 84.9 Å². The summed E-state index contributed by atoms with van der Waals surface area (Å²) in [5, 5.41) is 4.76. The normalized spacial score (nSPS) is 20.1. The van der Waals surface area contributed by atoms with E-state index in [4.69, 9.17) is 28.4 Å². The molecule has 3 fully saturated rings. The highest BCUT2D eigenvalue weighted by molar-refractivity contribution is 5.89. The number of fused-ring (bicyclic) bond motifs is 2. The molecule has 0 N–H and O–H groups in total. The van der Waals surface area contributed by atoms with Crippen LogP contribution in [0.25, 0.3) is 21.5 Å². The van der Waals surface area contributed by atoms with Crippen molar-refractivity contribution in [2.45, 2.75) is 38.1 Å². The molecule has 3 saturated heterocycles. The van der Waals surface area contributed by atoms with Gasteiger partial charge in [0, 0.05) is 24.0 Å². The average Bonchev–Trinajstić information content (AvgIpc) is 3.89. The smallest absolute Gasteiger partial charge is 0.126 e. The molecule has 3 aliphatic rings. The predicted molar refractivity (Wildman–Crippen MR) is 170 cm³/mol. The Hall–Kier alpha value is -4.10. The predicted octanol–water partition coefficient (Wildman–Crippen LogP) is 6.82. The first-order valence-electron chi connectivity index (χ1n) is 15.5. The number of hydrogen-bond acceptors (Lipinski definition) is 6. The topological polar surface area (TPSA) is 65.3 Å². The first-order valence-corrected chi connectivity index (χ1v) is 15.5. The van der Waals surface area contributed by atoms with E-state index in [-0.39, 0.29) is 18.3 Å². The third-order valence-corrected chi connectivity index (χ3v) is 8.59. The van der Waals surface area contributed by atoms with Crippen molar-refractivity contribution < 1.29 is 28.4 Å². The van der Waals surface area contributed by atoms with Crippen molar-refractivity contribution in [3.05, 3.63) is 113 Å². The minimum Gasteiger partial charge on any atom is -0.490 e. The lowest BCUT2D eigenvalue weighted by atomic mass is 9.91. The molecule has 0 bridgehead atoms. The SMILES string of the molecule is Cc1cc(Cc2c(OCC3CO3)ccc3ccccc23)c(OCC2CO2)c(Cc2c(OCC3CO3)ccc3ccccc23)c1. The second-order valence-corrected chi connectivity index (χ2v) is 12.1. The monoisotopic (exact) mass is 588 g/mol. The van der Waals surface area contributed by atoms with Gasteiger partial charge in [-0.1, -0.05) is 78.4 Å². The second-order valence-electron chi connectivity index (χ2n) is 12.1. The van der Waals surface area contributed by atoms with Crippen LogP contribution in [0.2, 0.25) is 0 Å². The Kier molecular flexibility index (Phi) is 7.34. The fourth-order valence-electron chi connectivity index (χ4n) is 6.06. The van der Waals surface area contributed by atoms with E-state index < -0.39 is 0 Å². The van der Waals surface area contributed by atoms with E-state index in [9.17, 15) is 0 Å². The maximum Gasteiger partial charge on any atom is 0.126 e. The van der Waals surface area contributed by atoms with Crippen LogP contribution in [0.1, 0.15) is 27.8 Å². The molecule has 5 aromatic carbocycles. The van der Waals surface area contributed by atoms with Crippen molar-refractivity contribution in [1.29, 1.82) is 0 Å². The highest BCUT2D eigenvalue weighted by Crippen LogP contribution is 2.39. The maximum atomic E-state index is 6.67. The molecular formula is C38H36O6. The molecule has 0 radical (unpaired) electrons. The summed E-state index contributed by atoms with van der Waals surface area (Å²) < 4.78 is 35.8. The van der Waals surface area contributed by atoms with Gasteiger partial charge in [-0.3, -0.25) is 0 Å². The number of benzene rings is 5. The second kappa shape index (κ2) is 11.8. The molecule has 8 rings (SSSR count). The summed E-state index contributed by atoms with van der Waals surface area (Å²) in [5.41, 5.74) is 5.78. The van der Waals surface area contributed by atoms with Gasteiger partial charge in [0.05, 0.1) is 19.8 Å². The number of hydrogen-bond donors (Lipinski definition) is 0. The van der Waals surface area contributed by atoms with E-state index in [1.165, 1.54) is 27.1 Å². The molecule has 6 heteroatoms. The van der Waals surface area contributed by atoms with Crippen LogP contribution >= 0.6 is 0 Å². The molecule has 0 spiro atoms. The molecule has 224 valence electrons. The lowest BCUT2D eigenvalue weighted by Gasteiger charge is -2.21. The Labute approximate surface area is 257 Å². The summed E-state index contributed by atoms with van der Waals surface area (Å²) in [6.07, 6.45) is 1.86. The van der Waals surface area contributed by atoms with Crippen molar-refractivity contribution in [3.8, 4) is 17.2 Å². The zero-order chi connectivity index (χ0) is 29.5. The number of ether oxygens (including phenoxy) is 6. The minimum atomic E-state index is 0.141.